The lowest BCUT2D eigenvalue weighted by molar-refractivity contribution is 0.0978. The highest BCUT2D eigenvalue weighted by molar-refractivity contribution is 6.15. The third kappa shape index (κ3) is 5.64. The van der Waals surface area contributed by atoms with Crippen LogP contribution < -0.4 is 4.74 Å². The monoisotopic (exact) mass is 512 g/mol. The molecule has 0 saturated heterocycles. The number of carbonyl (C=O) groups excluding carboxylic acids is 3. The molecule has 0 aliphatic rings. The molecule has 6 nitrogen and oxygen atoms in total. The number of rotatable bonds is 11. The van der Waals surface area contributed by atoms with Crippen molar-refractivity contribution in [2.45, 2.75) is 52.9 Å². The molecule has 1 aromatic heterocycles. The molecule has 0 N–H and O–H groups in total. The fourth-order valence-electron chi connectivity index (χ4n) is 4.88. The van der Waals surface area contributed by atoms with Gasteiger partial charge in [0, 0.05) is 65.1 Å². The van der Waals surface area contributed by atoms with E-state index in [0.717, 1.165) is 47.5 Å². The van der Waals surface area contributed by atoms with E-state index in [1.165, 1.54) is 0 Å². The molecule has 4 rings (SSSR count). The highest BCUT2D eigenvalue weighted by atomic mass is 16.6. The van der Waals surface area contributed by atoms with Gasteiger partial charge in [-0.25, -0.2) is 4.79 Å². The SMILES string of the molecule is CCCCCCC(=O)c1ccc2c(c1)c1cc(C(=O)c3ccc(OC(=O)N(CC)CC)cc3)ccc1n2C. The second-order valence-corrected chi connectivity index (χ2v) is 9.65. The van der Waals surface area contributed by atoms with E-state index in [-0.39, 0.29) is 11.6 Å². The summed E-state index contributed by atoms with van der Waals surface area (Å²) in [7, 11) is 2.00. The maximum atomic E-state index is 13.3. The van der Waals surface area contributed by atoms with Gasteiger partial charge in [-0.05, 0) is 80.9 Å². The lowest BCUT2D eigenvalue weighted by Crippen LogP contribution is -2.33. The zero-order valence-electron chi connectivity index (χ0n) is 22.8. The quantitative estimate of drug-likeness (QED) is 0.154. The number of aromatic nitrogens is 1. The van der Waals surface area contributed by atoms with Crippen LogP contribution in [0.1, 0.15) is 79.2 Å². The van der Waals surface area contributed by atoms with Gasteiger partial charge in [0.1, 0.15) is 5.75 Å². The summed E-state index contributed by atoms with van der Waals surface area (Å²) in [4.78, 5) is 40.0. The van der Waals surface area contributed by atoms with Gasteiger partial charge in [-0.15, -0.1) is 0 Å². The summed E-state index contributed by atoms with van der Waals surface area (Å²) >= 11 is 0. The van der Waals surface area contributed by atoms with E-state index in [1.807, 2.05) is 57.3 Å². The number of hydrogen-bond acceptors (Lipinski definition) is 4. The summed E-state index contributed by atoms with van der Waals surface area (Å²) in [5, 5.41) is 1.91. The molecule has 0 atom stereocenters. The van der Waals surface area contributed by atoms with Gasteiger partial charge in [0.15, 0.2) is 11.6 Å². The number of aryl methyl sites for hydroxylation is 1. The number of carbonyl (C=O) groups is 3. The van der Waals surface area contributed by atoms with Crippen LogP contribution in [0.5, 0.6) is 5.75 Å². The third-order valence-electron chi connectivity index (χ3n) is 7.19. The van der Waals surface area contributed by atoms with E-state index in [9.17, 15) is 14.4 Å². The molecule has 1 amide bonds. The van der Waals surface area contributed by atoms with Crippen molar-refractivity contribution in [2.24, 2.45) is 7.05 Å². The van der Waals surface area contributed by atoms with E-state index >= 15 is 0 Å². The molecule has 0 aliphatic heterocycles. The van der Waals surface area contributed by atoms with E-state index in [2.05, 4.69) is 11.5 Å². The number of amides is 1. The van der Waals surface area contributed by atoms with Gasteiger partial charge >= 0.3 is 6.09 Å². The maximum Gasteiger partial charge on any atom is 0.415 e. The van der Waals surface area contributed by atoms with E-state index in [4.69, 9.17) is 4.74 Å². The molecule has 4 aromatic rings. The van der Waals surface area contributed by atoms with Crippen LogP contribution in [0.25, 0.3) is 21.8 Å². The number of nitrogens with zero attached hydrogens (tertiary/aromatic N) is 2. The van der Waals surface area contributed by atoms with Gasteiger partial charge in [-0.2, -0.15) is 0 Å². The minimum Gasteiger partial charge on any atom is -0.410 e. The predicted molar refractivity (Wildman–Crippen MR) is 152 cm³/mol. The van der Waals surface area contributed by atoms with Crippen molar-refractivity contribution in [1.82, 2.24) is 9.47 Å². The average molecular weight is 513 g/mol. The van der Waals surface area contributed by atoms with Crippen molar-refractivity contribution >= 4 is 39.5 Å². The van der Waals surface area contributed by atoms with Crippen molar-refractivity contribution in [3.05, 3.63) is 77.4 Å². The molecule has 6 heteroatoms. The molecule has 0 saturated carbocycles. The van der Waals surface area contributed by atoms with Crippen molar-refractivity contribution < 1.29 is 19.1 Å². The maximum absolute atomic E-state index is 13.3. The Balaban J connectivity index is 1.59. The molecule has 0 unspecified atom stereocenters. The second kappa shape index (κ2) is 12.1. The van der Waals surface area contributed by atoms with E-state index in [0.29, 0.717) is 42.0 Å². The van der Waals surface area contributed by atoms with Crippen molar-refractivity contribution in [2.75, 3.05) is 13.1 Å². The van der Waals surface area contributed by atoms with Crippen molar-refractivity contribution in [3.63, 3.8) is 0 Å². The normalized spacial score (nSPS) is 11.2. The standard InChI is InChI=1S/C32H36N2O4/c1-5-8-9-10-11-30(35)23-14-18-28-26(20-23)27-21-24(15-19-29(27)33(28)4)31(36)22-12-16-25(17-13-22)38-32(37)34(6-2)7-3/h12-21H,5-11H2,1-4H3. The Kier molecular flexibility index (Phi) is 8.62. The fourth-order valence-corrected chi connectivity index (χ4v) is 4.88. The van der Waals surface area contributed by atoms with Gasteiger partial charge in [-0.3, -0.25) is 9.59 Å². The molecule has 198 valence electrons. The number of unbranched alkanes of at least 4 members (excludes halogenated alkanes) is 3. The Morgan fingerprint density at radius 1 is 0.737 bits per heavy atom. The first-order valence-corrected chi connectivity index (χ1v) is 13.5. The zero-order valence-corrected chi connectivity index (χ0v) is 22.8. The fraction of sp³-hybridized carbons (Fsp3) is 0.344. The van der Waals surface area contributed by atoms with Crippen LogP contribution in [0, 0.1) is 0 Å². The molecule has 1 heterocycles. The van der Waals surface area contributed by atoms with Crippen LogP contribution in [-0.2, 0) is 7.05 Å². The Morgan fingerprint density at radius 2 is 1.32 bits per heavy atom. The number of ether oxygens (including phenoxy) is 1. The van der Waals surface area contributed by atoms with Crippen molar-refractivity contribution in [1.29, 1.82) is 0 Å². The van der Waals surface area contributed by atoms with Crippen LogP contribution in [0.4, 0.5) is 4.79 Å². The lowest BCUT2D eigenvalue weighted by atomic mass is 9.99. The molecule has 0 radical (unpaired) electrons. The Bertz CT molecular complexity index is 1460. The minimum atomic E-state index is -0.408. The van der Waals surface area contributed by atoms with Crippen LogP contribution in [0.3, 0.4) is 0 Å². The first kappa shape index (κ1) is 27.1. The minimum absolute atomic E-state index is 0.117. The number of ketones is 2. The zero-order chi connectivity index (χ0) is 27.2. The van der Waals surface area contributed by atoms with Crippen LogP contribution in [-0.4, -0.2) is 40.2 Å². The molecule has 38 heavy (non-hydrogen) atoms. The van der Waals surface area contributed by atoms with Gasteiger partial charge in [0.05, 0.1) is 0 Å². The lowest BCUT2D eigenvalue weighted by Gasteiger charge is -2.17. The summed E-state index contributed by atoms with van der Waals surface area (Å²) < 4.78 is 7.51. The summed E-state index contributed by atoms with van der Waals surface area (Å²) in [6.45, 7) is 7.09. The highest BCUT2D eigenvalue weighted by Crippen LogP contribution is 2.31. The third-order valence-corrected chi connectivity index (χ3v) is 7.19. The van der Waals surface area contributed by atoms with Crippen molar-refractivity contribution in [3.8, 4) is 5.75 Å². The topological polar surface area (TPSA) is 68.6 Å². The van der Waals surface area contributed by atoms with E-state index in [1.54, 1.807) is 29.2 Å². The van der Waals surface area contributed by atoms with Crippen LogP contribution >= 0.6 is 0 Å². The van der Waals surface area contributed by atoms with Gasteiger partial charge in [-0.1, -0.05) is 26.2 Å². The largest absolute Gasteiger partial charge is 0.415 e. The number of Topliss-reactive ketones (excluding diaryl/α,β-unsaturated/α-hetero) is 1. The highest BCUT2D eigenvalue weighted by Gasteiger charge is 2.17. The number of fused-ring (bicyclic) bond motifs is 3. The first-order chi connectivity index (χ1) is 18.4. The molecule has 3 aromatic carbocycles. The average Bonchev–Trinajstić information content (AvgIpc) is 3.22. The van der Waals surface area contributed by atoms with Crippen LogP contribution in [0.2, 0.25) is 0 Å². The Hall–Kier alpha value is -3.93. The van der Waals surface area contributed by atoms with Gasteiger partial charge < -0.3 is 14.2 Å². The molecule has 0 fully saturated rings. The summed E-state index contributed by atoms with van der Waals surface area (Å²) in [5.41, 5.74) is 3.81. The summed E-state index contributed by atoms with van der Waals surface area (Å²) in [6, 6.07) is 18.2. The molecule has 0 spiro atoms. The molecule has 0 aliphatic carbocycles. The van der Waals surface area contributed by atoms with E-state index < -0.39 is 6.09 Å². The van der Waals surface area contributed by atoms with Gasteiger partial charge in [0.25, 0.3) is 0 Å². The number of benzene rings is 3. The first-order valence-electron chi connectivity index (χ1n) is 13.5. The van der Waals surface area contributed by atoms with Crippen LogP contribution in [0.15, 0.2) is 60.7 Å². The number of hydrogen-bond donors (Lipinski definition) is 0. The van der Waals surface area contributed by atoms with Gasteiger partial charge in [0.2, 0.25) is 0 Å². The Morgan fingerprint density at radius 3 is 1.92 bits per heavy atom. The molecular formula is C32H36N2O4. The predicted octanol–water partition coefficient (Wildman–Crippen LogP) is 7.56. The Labute approximate surface area is 224 Å². The summed E-state index contributed by atoms with van der Waals surface area (Å²) in [5.74, 6) is 0.442. The molecular weight excluding hydrogens is 476 g/mol. The smallest absolute Gasteiger partial charge is 0.410 e. The second-order valence-electron chi connectivity index (χ2n) is 9.65. The molecule has 0 bridgehead atoms. The summed E-state index contributed by atoms with van der Waals surface area (Å²) in [6.07, 6.45) is 4.42.